The summed E-state index contributed by atoms with van der Waals surface area (Å²) in [5, 5.41) is 16.4. The molecular weight excluding hydrogens is 274 g/mol. The van der Waals surface area contributed by atoms with Crippen molar-refractivity contribution in [2.75, 3.05) is 18.9 Å². The number of aromatic nitrogens is 2. The van der Waals surface area contributed by atoms with Crippen molar-refractivity contribution in [2.45, 2.75) is 13.8 Å². The number of nitro groups is 1. The Hall–Kier alpha value is -2.64. The molecule has 8 heteroatoms. The molecule has 2 aromatic rings. The number of hydrogen-bond donors (Lipinski definition) is 3. The quantitative estimate of drug-likeness (QED) is 0.572. The molecule has 0 saturated heterocycles. The molecule has 1 amide bonds. The van der Waals surface area contributed by atoms with Gasteiger partial charge in [0.25, 0.3) is 5.69 Å². The van der Waals surface area contributed by atoms with Crippen LogP contribution in [0, 0.1) is 15.5 Å². The van der Waals surface area contributed by atoms with Crippen LogP contribution in [0.3, 0.4) is 0 Å². The lowest BCUT2D eigenvalue weighted by atomic mass is 9.92. The van der Waals surface area contributed by atoms with Gasteiger partial charge in [-0.2, -0.15) is 0 Å². The number of amides is 1. The fourth-order valence-electron chi connectivity index (χ4n) is 1.92. The van der Waals surface area contributed by atoms with E-state index in [1.54, 1.807) is 13.1 Å². The highest BCUT2D eigenvalue weighted by Gasteiger charge is 2.26. The zero-order valence-electron chi connectivity index (χ0n) is 12.1. The van der Waals surface area contributed by atoms with Gasteiger partial charge in [-0.1, -0.05) is 0 Å². The first kappa shape index (κ1) is 14.8. The molecule has 1 heterocycles. The summed E-state index contributed by atoms with van der Waals surface area (Å²) >= 11 is 0. The number of nitrogens with zero attached hydrogens (tertiary/aromatic N) is 2. The normalized spacial score (nSPS) is 11.4. The third-order valence-electron chi connectivity index (χ3n) is 3.22. The van der Waals surface area contributed by atoms with Crippen molar-refractivity contribution in [3.8, 4) is 0 Å². The van der Waals surface area contributed by atoms with Crippen LogP contribution in [0.25, 0.3) is 11.0 Å². The van der Waals surface area contributed by atoms with E-state index in [1.807, 2.05) is 13.8 Å². The van der Waals surface area contributed by atoms with Gasteiger partial charge in [-0.25, -0.2) is 4.98 Å². The van der Waals surface area contributed by atoms with Crippen LogP contribution in [-0.4, -0.2) is 34.4 Å². The zero-order valence-corrected chi connectivity index (χ0v) is 12.1. The number of nitro benzene ring substituents is 1. The molecule has 1 aromatic carbocycles. The molecule has 0 aliphatic rings. The van der Waals surface area contributed by atoms with Crippen LogP contribution in [0.1, 0.15) is 13.8 Å². The van der Waals surface area contributed by atoms with Crippen LogP contribution in [0.2, 0.25) is 0 Å². The third kappa shape index (κ3) is 3.10. The summed E-state index contributed by atoms with van der Waals surface area (Å²) in [7, 11) is 1.59. The molecule has 0 atom stereocenters. The Labute approximate surface area is 121 Å². The molecule has 0 spiro atoms. The molecule has 0 bridgehead atoms. The largest absolute Gasteiger partial charge is 0.359 e. The van der Waals surface area contributed by atoms with Crippen LogP contribution in [0.5, 0.6) is 0 Å². The highest BCUT2D eigenvalue weighted by molar-refractivity contribution is 5.82. The first-order valence-corrected chi connectivity index (χ1v) is 6.44. The van der Waals surface area contributed by atoms with E-state index in [2.05, 4.69) is 20.6 Å². The van der Waals surface area contributed by atoms with Crippen molar-refractivity contribution in [1.82, 2.24) is 15.3 Å². The Bertz CT molecular complexity index is 692. The number of carbonyl (C=O) groups is 1. The van der Waals surface area contributed by atoms with E-state index in [0.29, 0.717) is 23.5 Å². The maximum absolute atomic E-state index is 11.7. The Morgan fingerprint density at radius 3 is 2.81 bits per heavy atom. The number of non-ortho nitro benzene ring substituents is 1. The average Bonchev–Trinajstić information content (AvgIpc) is 2.86. The second-order valence-corrected chi connectivity index (χ2v) is 5.36. The molecule has 0 aliphatic heterocycles. The van der Waals surface area contributed by atoms with Crippen molar-refractivity contribution < 1.29 is 9.72 Å². The second kappa shape index (κ2) is 5.39. The molecule has 0 radical (unpaired) electrons. The molecule has 2 rings (SSSR count). The van der Waals surface area contributed by atoms with Crippen molar-refractivity contribution in [1.29, 1.82) is 0 Å². The molecule has 0 fully saturated rings. The molecule has 21 heavy (non-hydrogen) atoms. The van der Waals surface area contributed by atoms with Gasteiger partial charge in [-0.15, -0.1) is 0 Å². The SMILES string of the molecule is CNC(=O)C(C)(C)CNc1nc2ccc([N+](=O)[O-])cc2[nH]1. The second-order valence-electron chi connectivity index (χ2n) is 5.36. The van der Waals surface area contributed by atoms with Crippen molar-refractivity contribution in [3.05, 3.63) is 28.3 Å². The average molecular weight is 291 g/mol. The van der Waals surface area contributed by atoms with E-state index in [0.717, 1.165) is 0 Å². The summed E-state index contributed by atoms with van der Waals surface area (Å²) in [6, 6.07) is 4.41. The van der Waals surface area contributed by atoms with E-state index >= 15 is 0 Å². The topological polar surface area (TPSA) is 113 Å². The van der Waals surface area contributed by atoms with Gasteiger partial charge in [0.1, 0.15) is 0 Å². The number of anilines is 1. The summed E-state index contributed by atoms with van der Waals surface area (Å²) in [6.45, 7) is 4.01. The Kier molecular flexibility index (Phi) is 3.79. The van der Waals surface area contributed by atoms with Gasteiger partial charge >= 0.3 is 0 Å². The highest BCUT2D eigenvalue weighted by Crippen LogP contribution is 2.21. The van der Waals surface area contributed by atoms with Gasteiger partial charge < -0.3 is 15.6 Å². The minimum Gasteiger partial charge on any atom is -0.359 e. The summed E-state index contributed by atoms with van der Waals surface area (Å²) in [4.78, 5) is 29.2. The van der Waals surface area contributed by atoms with Gasteiger partial charge in [0.05, 0.1) is 21.4 Å². The number of carbonyl (C=O) groups excluding carboxylic acids is 1. The van der Waals surface area contributed by atoms with Crippen LogP contribution in [0.4, 0.5) is 11.6 Å². The standard InChI is InChI=1S/C13H17N5O3/c1-13(2,11(19)14-3)7-15-12-16-9-5-4-8(18(20)21)6-10(9)17-12/h4-6H,7H2,1-3H3,(H,14,19)(H2,15,16,17). The first-order chi connectivity index (χ1) is 9.83. The van der Waals surface area contributed by atoms with Gasteiger partial charge in [0.2, 0.25) is 11.9 Å². The zero-order chi connectivity index (χ0) is 15.6. The first-order valence-electron chi connectivity index (χ1n) is 6.44. The van der Waals surface area contributed by atoms with E-state index < -0.39 is 10.3 Å². The molecule has 112 valence electrons. The maximum Gasteiger partial charge on any atom is 0.271 e. The van der Waals surface area contributed by atoms with Gasteiger partial charge in [-0.3, -0.25) is 14.9 Å². The predicted octanol–water partition coefficient (Wildman–Crippen LogP) is 1.66. The van der Waals surface area contributed by atoms with E-state index in [9.17, 15) is 14.9 Å². The fraction of sp³-hybridized carbons (Fsp3) is 0.385. The van der Waals surface area contributed by atoms with E-state index in [1.165, 1.54) is 12.1 Å². The molecule has 0 saturated carbocycles. The van der Waals surface area contributed by atoms with Gasteiger partial charge in [0.15, 0.2) is 0 Å². The van der Waals surface area contributed by atoms with Crippen LogP contribution in [-0.2, 0) is 4.79 Å². The lowest BCUT2D eigenvalue weighted by molar-refractivity contribution is -0.384. The lowest BCUT2D eigenvalue weighted by Crippen LogP contribution is -2.39. The monoisotopic (exact) mass is 291 g/mol. The summed E-state index contributed by atoms with van der Waals surface area (Å²) in [5.74, 6) is 0.393. The Morgan fingerprint density at radius 2 is 2.19 bits per heavy atom. The smallest absolute Gasteiger partial charge is 0.271 e. The molecule has 1 aromatic heterocycles. The molecule has 8 nitrogen and oxygen atoms in total. The Balaban J connectivity index is 2.16. The van der Waals surface area contributed by atoms with Crippen LogP contribution in [0.15, 0.2) is 18.2 Å². The van der Waals surface area contributed by atoms with Gasteiger partial charge in [-0.05, 0) is 19.9 Å². The summed E-state index contributed by atoms with van der Waals surface area (Å²) < 4.78 is 0. The fourth-order valence-corrected chi connectivity index (χ4v) is 1.92. The number of imidazole rings is 1. The number of nitrogens with one attached hydrogen (secondary N) is 3. The summed E-state index contributed by atoms with van der Waals surface area (Å²) in [5.41, 5.74) is 0.605. The van der Waals surface area contributed by atoms with Crippen LogP contribution >= 0.6 is 0 Å². The third-order valence-corrected chi connectivity index (χ3v) is 3.22. The highest BCUT2D eigenvalue weighted by atomic mass is 16.6. The predicted molar refractivity (Wildman–Crippen MR) is 79.1 cm³/mol. The van der Waals surface area contributed by atoms with E-state index in [4.69, 9.17) is 0 Å². The minimum atomic E-state index is -0.597. The number of fused-ring (bicyclic) bond motifs is 1. The van der Waals surface area contributed by atoms with Crippen molar-refractivity contribution in [3.63, 3.8) is 0 Å². The number of hydrogen-bond acceptors (Lipinski definition) is 5. The Morgan fingerprint density at radius 1 is 1.48 bits per heavy atom. The minimum absolute atomic E-state index is 0.00314. The molecule has 0 aliphatic carbocycles. The molecular formula is C13H17N5O3. The van der Waals surface area contributed by atoms with Crippen LogP contribution < -0.4 is 10.6 Å². The summed E-state index contributed by atoms with van der Waals surface area (Å²) in [6.07, 6.45) is 0. The van der Waals surface area contributed by atoms with Gasteiger partial charge in [0, 0.05) is 25.7 Å². The maximum atomic E-state index is 11.7. The molecule has 0 unspecified atom stereocenters. The number of benzene rings is 1. The lowest BCUT2D eigenvalue weighted by Gasteiger charge is -2.22. The van der Waals surface area contributed by atoms with Crippen molar-refractivity contribution >= 4 is 28.6 Å². The molecule has 3 N–H and O–H groups in total. The number of aromatic amines is 1. The van der Waals surface area contributed by atoms with E-state index in [-0.39, 0.29) is 11.6 Å². The number of rotatable bonds is 5. The van der Waals surface area contributed by atoms with Crippen molar-refractivity contribution in [2.24, 2.45) is 5.41 Å². The number of H-pyrrole nitrogens is 1.